The van der Waals surface area contributed by atoms with Gasteiger partial charge in [-0.25, -0.2) is 0 Å². The van der Waals surface area contributed by atoms with Gasteiger partial charge in [-0.1, -0.05) is 49.2 Å². The van der Waals surface area contributed by atoms with E-state index in [0.717, 1.165) is 18.5 Å². The maximum atomic E-state index is 13.1. The number of fused-ring (bicyclic) bond motifs is 1. The van der Waals surface area contributed by atoms with Crippen LogP contribution >= 0.6 is 0 Å². The van der Waals surface area contributed by atoms with E-state index >= 15 is 0 Å². The molecule has 2 fully saturated rings. The number of benzene rings is 2. The zero-order chi connectivity index (χ0) is 20.1. The fraction of sp³-hybridized carbons (Fsp3) is 0.417. The normalized spacial score (nSPS) is 23.6. The van der Waals surface area contributed by atoms with E-state index in [2.05, 4.69) is 5.32 Å². The Morgan fingerprint density at radius 2 is 1.69 bits per heavy atom. The summed E-state index contributed by atoms with van der Waals surface area (Å²) in [4.78, 5) is 27.2. The van der Waals surface area contributed by atoms with Gasteiger partial charge in [0.05, 0.1) is 0 Å². The molecule has 2 aliphatic rings. The van der Waals surface area contributed by atoms with Gasteiger partial charge in [-0.05, 0) is 48.9 Å². The summed E-state index contributed by atoms with van der Waals surface area (Å²) in [5.41, 5.74) is 0.854. The molecule has 4 rings (SSSR count). The van der Waals surface area contributed by atoms with Crippen molar-refractivity contribution in [1.29, 1.82) is 0 Å². The number of carbonyl (C=O) groups is 2. The molecule has 2 aromatic rings. The summed E-state index contributed by atoms with van der Waals surface area (Å²) in [6, 6.07) is 19.3. The Balaban J connectivity index is 1.51. The second-order valence-electron chi connectivity index (χ2n) is 8.03. The highest BCUT2D eigenvalue weighted by atomic mass is 16.5. The van der Waals surface area contributed by atoms with Crippen molar-refractivity contribution in [3.63, 3.8) is 0 Å². The maximum absolute atomic E-state index is 13.1. The van der Waals surface area contributed by atoms with Gasteiger partial charge in [0.1, 0.15) is 5.75 Å². The highest BCUT2D eigenvalue weighted by Gasteiger charge is 2.39. The van der Waals surface area contributed by atoms with E-state index in [1.807, 2.05) is 60.7 Å². The molecule has 0 bridgehead atoms. The zero-order valence-electron chi connectivity index (χ0n) is 16.6. The van der Waals surface area contributed by atoms with Crippen molar-refractivity contribution < 1.29 is 14.3 Å². The van der Waals surface area contributed by atoms with E-state index < -0.39 is 0 Å². The molecular formula is C24H28N2O3. The van der Waals surface area contributed by atoms with Gasteiger partial charge in [-0.15, -0.1) is 0 Å². The van der Waals surface area contributed by atoms with Gasteiger partial charge in [-0.3, -0.25) is 9.59 Å². The van der Waals surface area contributed by atoms with Crippen molar-refractivity contribution in [1.82, 2.24) is 5.32 Å². The number of carbonyl (C=O) groups excluding carboxylic acids is 2. The molecule has 1 saturated heterocycles. The standard InChI is InChI=1S/C24H28N2O3/c27-23-15-18(21-13-7-8-14-22(21)25-23)16-26(19-9-3-1-4-10-19)24(28)17-29-20-11-5-2-6-12-20/h1-6,9-12,18,21-22H,7-8,13-17H2,(H,25,27). The van der Waals surface area contributed by atoms with E-state index in [4.69, 9.17) is 4.74 Å². The van der Waals surface area contributed by atoms with Crippen LogP contribution in [0.15, 0.2) is 60.7 Å². The third-order valence-electron chi connectivity index (χ3n) is 6.11. The first-order valence-electron chi connectivity index (χ1n) is 10.5. The van der Waals surface area contributed by atoms with Crippen LogP contribution in [-0.4, -0.2) is 31.0 Å². The molecule has 5 nitrogen and oxygen atoms in total. The molecule has 1 N–H and O–H groups in total. The van der Waals surface area contributed by atoms with Crippen molar-refractivity contribution >= 4 is 17.5 Å². The third kappa shape index (κ3) is 4.78. The second kappa shape index (κ2) is 9.12. The lowest BCUT2D eigenvalue weighted by molar-refractivity contribution is -0.128. The Labute approximate surface area is 172 Å². The molecule has 3 atom stereocenters. The molecule has 1 heterocycles. The fourth-order valence-electron chi connectivity index (χ4n) is 4.69. The smallest absolute Gasteiger partial charge is 0.264 e. The van der Waals surface area contributed by atoms with Gasteiger partial charge in [-0.2, -0.15) is 0 Å². The summed E-state index contributed by atoms with van der Waals surface area (Å²) in [6.07, 6.45) is 5.01. The number of anilines is 1. The molecule has 2 amide bonds. The number of hydrogen-bond acceptors (Lipinski definition) is 3. The predicted octanol–water partition coefficient (Wildman–Crippen LogP) is 3.79. The Morgan fingerprint density at radius 3 is 2.45 bits per heavy atom. The molecule has 0 spiro atoms. The number of rotatable bonds is 6. The van der Waals surface area contributed by atoms with Gasteiger partial charge in [0.2, 0.25) is 5.91 Å². The largest absolute Gasteiger partial charge is 0.484 e. The maximum Gasteiger partial charge on any atom is 0.264 e. The van der Waals surface area contributed by atoms with Crippen LogP contribution in [0, 0.1) is 11.8 Å². The van der Waals surface area contributed by atoms with Crippen molar-refractivity contribution in [2.75, 3.05) is 18.1 Å². The monoisotopic (exact) mass is 392 g/mol. The zero-order valence-corrected chi connectivity index (χ0v) is 16.6. The van der Waals surface area contributed by atoms with Crippen molar-refractivity contribution in [3.05, 3.63) is 60.7 Å². The quantitative estimate of drug-likeness (QED) is 0.814. The number of ether oxygens (including phenoxy) is 1. The number of nitrogens with zero attached hydrogens (tertiary/aromatic N) is 1. The number of nitrogens with one attached hydrogen (secondary N) is 1. The second-order valence-corrected chi connectivity index (χ2v) is 8.03. The molecule has 3 unspecified atom stereocenters. The van der Waals surface area contributed by atoms with Gasteiger partial charge >= 0.3 is 0 Å². The molecule has 29 heavy (non-hydrogen) atoms. The van der Waals surface area contributed by atoms with Gasteiger partial charge in [0.15, 0.2) is 6.61 Å². The molecule has 1 saturated carbocycles. The van der Waals surface area contributed by atoms with Crippen LogP contribution in [0.2, 0.25) is 0 Å². The Kier molecular flexibility index (Phi) is 6.13. The molecule has 2 aromatic carbocycles. The Bertz CT molecular complexity index is 825. The summed E-state index contributed by atoms with van der Waals surface area (Å²) in [6.45, 7) is 0.529. The van der Waals surface area contributed by atoms with Crippen LogP contribution in [0.3, 0.4) is 0 Å². The van der Waals surface area contributed by atoms with Crippen molar-refractivity contribution in [2.45, 2.75) is 38.1 Å². The summed E-state index contributed by atoms with van der Waals surface area (Å²) in [5, 5.41) is 3.17. The molecule has 5 heteroatoms. The Morgan fingerprint density at radius 1 is 1.00 bits per heavy atom. The molecule has 1 aliphatic heterocycles. The predicted molar refractivity (Wildman–Crippen MR) is 113 cm³/mol. The Hall–Kier alpha value is -2.82. The average molecular weight is 392 g/mol. The summed E-state index contributed by atoms with van der Waals surface area (Å²) < 4.78 is 5.72. The van der Waals surface area contributed by atoms with E-state index in [9.17, 15) is 9.59 Å². The molecule has 0 aromatic heterocycles. The van der Waals surface area contributed by atoms with Crippen molar-refractivity contribution in [2.24, 2.45) is 11.8 Å². The third-order valence-corrected chi connectivity index (χ3v) is 6.11. The minimum absolute atomic E-state index is 0.0219. The molecule has 0 radical (unpaired) electrons. The van der Waals surface area contributed by atoms with Gasteiger partial charge < -0.3 is 15.0 Å². The number of para-hydroxylation sites is 2. The van der Waals surface area contributed by atoms with Crippen LogP contribution < -0.4 is 15.0 Å². The summed E-state index contributed by atoms with van der Waals surface area (Å²) in [5.74, 6) is 1.32. The van der Waals surface area contributed by atoms with E-state index in [1.165, 1.54) is 12.8 Å². The minimum atomic E-state index is -0.0848. The van der Waals surface area contributed by atoms with Gasteiger partial charge in [0, 0.05) is 24.7 Å². The lowest BCUT2D eigenvalue weighted by Crippen LogP contribution is -2.53. The summed E-state index contributed by atoms with van der Waals surface area (Å²) >= 11 is 0. The van der Waals surface area contributed by atoms with E-state index in [-0.39, 0.29) is 30.4 Å². The first kappa shape index (κ1) is 19.5. The van der Waals surface area contributed by atoms with Crippen LogP contribution in [0.1, 0.15) is 32.1 Å². The minimum Gasteiger partial charge on any atom is -0.484 e. The highest BCUT2D eigenvalue weighted by Crippen LogP contribution is 2.36. The lowest BCUT2D eigenvalue weighted by atomic mass is 9.72. The van der Waals surface area contributed by atoms with Gasteiger partial charge in [0.25, 0.3) is 5.91 Å². The number of piperidine rings is 1. The summed E-state index contributed by atoms with van der Waals surface area (Å²) in [7, 11) is 0. The first-order chi connectivity index (χ1) is 14.2. The lowest BCUT2D eigenvalue weighted by Gasteiger charge is -2.43. The first-order valence-corrected chi connectivity index (χ1v) is 10.5. The van der Waals surface area contributed by atoms with Crippen LogP contribution in [0.25, 0.3) is 0 Å². The van der Waals surface area contributed by atoms with E-state index in [1.54, 1.807) is 4.90 Å². The molecule has 1 aliphatic carbocycles. The van der Waals surface area contributed by atoms with E-state index in [0.29, 0.717) is 24.6 Å². The molecule has 152 valence electrons. The number of amides is 2. The van der Waals surface area contributed by atoms with Crippen LogP contribution in [0.5, 0.6) is 5.75 Å². The van der Waals surface area contributed by atoms with Crippen LogP contribution in [0.4, 0.5) is 5.69 Å². The van der Waals surface area contributed by atoms with Crippen LogP contribution in [-0.2, 0) is 9.59 Å². The number of hydrogen-bond donors (Lipinski definition) is 1. The average Bonchev–Trinajstić information content (AvgIpc) is 2.77. The van der Waals surface area contributed by atoms with Crippen molar-refractivity contribution in [3.8, 4) is 5.75 Å². The molecular weight excluding hydrogens is 364 g/mol. The fourth-order valence-corrected chi connectivity index (χ4v) is 4.69. The topological polar surface area (TPSA) is 58.6 Å². The highest BCUT2D eigenvalue weighted by molar-refractivity contribution is 5.94. The SMILES string of the molecule is O=C1CC(CN(C(=O)COc2ccccc2)c2ccccc2)C2CCCCC2N1.